The molecule has 2 aromatic rings. The van der Waals surface area contributed by atoms with Crippen LogP contribution >= 0.6 is 35.0 Å². The van der Waals surface area contributed by atoms with Crippen molar-refractivity contribution in [2.24, 2.45) is 0 Å². The molecular weight excluding hydrogens is 427 g/mol. The lowest BCUT2D eigenvalue weighted by molar-refractivity contribution is 0.0341. The van der Waals surface area contributed by atoms with Crippen LogP contribution in [0.4, 0.5) is 0 Å². The van der Waals surface area contributed by atoms with E-state index in [4.69, 9.17) is 32.7 Å². The van der Waals surface area contributed by atoms with Crippen molar-refractivity contribution in [1.29, 1.82) is 0 Å². The highest BCUT2D eigenvalue weighted by molar-refractivity contribution is 8.07. The van der Waals surface area contributed by atoms with Crippen LogP contribution in [-0.2, 0) is 11.3 Å². The van der Waals surface area contributed by atoms with Gasteiger partial charge in [-0.05, 0) is 37.4 Å². The molecule has 29 heavy (non-hydrogen) atoms. The highest BCUT2D eigenvalue weighted by Crippen LogP contribution is 2.46. The van der Waals surface area contributed by atoms with Crippen LogP contribution < -0.4 is 10.1 Å². The first-order valence-electron chi connectivity index (χ1n) is 9.54. The van der Waals surface area contributed by atoms with Gasteiger partial charge >= 0.3 is 0 Å². The van der Waals surface area contributed by atoms with E-state index in [1.54, 1.807) is 18.2 Å². The van der Waals surface area contributed by atoms with Gasteiger partial charge in [-0.15, -0.1) is 11.8 Å². The number of halogens is 2. The summed E-state index contributed by atoms with van der Waals surface area (Å²) in [5.74, 6) is 8.01. The van der Waals surface area contributed by atoms with Crippen LogP contribution in [0.15, 0.2) is 36.4 Å². The van der Waals surface area contributed by atoms with Gasteiger partial charge in [0, 0.05) is 43.2 Å². The van der Waals surface area contributed by atoms with Gasteiger partial charge in [-0.3, -0.25) is 4.90 Å². The van der Waals surface area contributed by atoms with E-state index in [0.29, 0.717) is 33.1 Å². The largest absolute Gasteiger partial charge is 0.457 e. The van der Waals surface area contributed by atoms with Gasteiger partial charge in [0.25, 0.3) is 0 Å². The zero-order valence-corrected chi connectivity index (χ0v) is 18.4. The molecule has 0 aliphatic carbocycles. The second-order valence-electron chi connectivity index (χ2n) is 6.88. The summed E-state index contributed by atoms with van der Waals surface area (Å²) in [7, 11) is 1.91. The first kappa shape index (κ1) is 20.9. The van der Waals surface area contributed by atoms with Crippen LogP contribution in [0.3, 0.4) is 0 Å². The molecule has 2 aromatic carbocycles. The summed E-state index contributed by atoms with van der Waals surface area (Å²) in [6.07, 6.45) is 0.854. The quantitative estimate of drug-likeness (QED) is 0.497. The van der Waals surface area contributed by atoms with Crippen molar-refractivity contribution < 1.29 is 9.47 Å². The van der Waals surface area contributed by atoms with Crippen molar-refractivity contribution in [2.75, 3.05) is 26.7 Å². The number of hydrogen-bond donors (Lipinski definition) is 1. The Bertz CT molecular complexity index is 944. The van der Waals surface area contributed by atoms with Crippen LogP contribution in [0.1, 0.15) is 17.5 Å². The van der Waals surface area contributed by atoms with E-state index in [-0.39, 0.29) is 0 Å². The van der Waals surface area contributed by atoms with Crippen LogP contribution in [0, 0.1) is 11.8 Å². The summed E-state index contributed by atoms with van der Waals surface area (Å²) in [6, 6.07) is 11.3. The molecule has 0 bridgehead atoms. The molecule has 2 saturated heterocycles. The number of nitrogens with zero attached hydrogens (tertiary/aromatic N) is 1. The topological polar surface area (TPSA) is 33.7 Å². The molecule has 2 atom stereocenters. The minimum Gasteiger partial charge on any atom is -0.457 e. The Labute approximate surface area is 185 Å². The Balaban J connectivity index is 1.40. The molecule has 2 aliphatic heterocycles. The second kappa shape index (κ2) is 9.61. The number of hydrogen-bond acceptors (Lipinski definition) is 5. The number of benzene rings is 2. The molecule has 4 nitrogen and oxygen atoms in total. The normalized spacial score (nSPS) is 20.5. The summed E-state index contributed by atoms with van der Waals surface area (Å²) in [5.41, 5.74) is 2.41. The van der Waals surface area contributed by atoms with Crippen LogP contribution in [0.25, 0.3) is 0 Å². The van der Waals surface area contributed by atoms with Gasteiger partial charge in [0.1, 0.15) is 16.9 Å². The zero-order chi connectivity index (χ0) is 20.2. The minimum absolute atomic E-state index is 0.392. The molecule has 0 spiro atoms. The third-order valence-corrected chi connectivity index (χ3v) is 6.66. The average Bonchev–Trinajstić information content (AvgIpc) is 3.51. The third kappa shape index (κ3) is 5.40. The van der Waals surface area contributed by atoms with Crippen LogP contribution in [0.5, 0.6) is 11.5 Å². The van der Waals surface area contributed by atoms with E-state index in [9.17, 15) is 0 Å². The Kier molecular flexibility index (Phi) is 6.92. The monoisotopic (exact) mass is 448 g/mol. The van der Waals surface area contributed by atoms with Gasteiger partial charge < -0.3 is 14.8 Å². The molecule has 2 aliphatic rings. The van der Waals surface area contributed by atoms with E-state index in [2.05, 4.69) is 28.1 Å². The Morgan fingerprint density at radius 3 is 2.97 bits per heavy atom. The van der Waals surface area contributed by atoms with Crippen molar-refractivity contribution in [2.45, 2.75) is 23.8 Å². The number of rotatable bonds is 6. The number of ether oxygens (including phenoxy) is 2. The second-order valence-corrected chi connectivity index (χ2v) is 8.92. The van der Waals surface area contributed by atoms with Crippen molar-refractivity contribution in [3.63, 3.8) is 0 Å². The van der Waals surface area contributed by atoms with Crippen LogP contribution in [0.2, 0.25) is 10.0 Å². The van der Waals surface area contributed by atoms with Gasteiger partial charge in [0.15, 0.2) is 0 Å². The molecular formula is C22H22Cl2N2O2S. The molecule has 2 fully saturated rings. The van der Waals surface area contributed by atoms with Gasteiger partial charge in [0.05, 0.1) is 22.0 Å². The van der Waals surface area contributed by atoms with E-state index >= 15 is 0 Å². The molecule has 0 aromatic heterocycles. The highest BCUT2D eigenvalue weighted by Gasteiger charge is 2.46. The van der Waals surface area contributed by atoms with Gasteiger partial charge in [-0.25, -0.2) is 0 Å². The predicted octanol–water partition coefficient (Wildman–Crippen LogP) is 4.98. The molecule has 7 heteroatoms. The average molecular weight is 449 g/mol. The fourth-order valence-electron chi connectivity index (χ4n) is 3.24. The first-order chi connectivity index (χ1) is 14.1. The lowest BCUT2D eigenvalue weighted by atomic mass is 10.1. The number of morpholine rings is 1. The first-order valence-corrected chi connectivity index (χ1v) is 11.2. The molecule has 0 saturated carbocycles. The standard InChI is InChI=1S/C22H22Cl2N2O2S/c1-25-14-16-12-15(4-2-3-9-26-10-11-27-22-21(26)29-22)5-8-20(16)28-17-6-7-18(23)19(24)13-17/h5-8,12-13,21-22,25H,3,9-11,14H2,1H3. The van der Waals surface area contributed by atoms with Crippen molar-refractivity contribution in [1.82, 2.24) is 10.2 Å². The molecule has 2 unspecified atom stereocenters. The van der Waals surface area contributed by atoms with E-state index < -0.39 is 0 Å². The smallest absolute Gasteiger partial charge is 0.132 e. The third-order valence-electron chi connectivity index (χ3n) is 4.75. The molecule has 1 N–H and O–H groups in total. The van der Waals surface area contributed by atoms with E-state index in [1.807, 2.05) is 30.9 Å². The zero-order valence-electron chi connectivity index (χ0n) is 16.1. The maximum absolute atomic E-state index is 6.09. The highest BCUT2D eigenvalue weighted by atomic mass is 35.5. The molecule has 2 heterocycles. The summed E-state index contributed by atoms with van der Waals surface area (Å²) in [5, 5.41) is 4.71. The SMILES string of the molecule is CNCc1cc(C#CCCN2CCOC3SC32)ccc1Oc1ccc(Cl)c(Cl)c1. The van der Waals surface area contributed by atoms with Gasteiger partial charge in [-0.1, -0.05) is 35.0 Å². The summed E-state index contributed by atoms with van der Waals surface area (Å²) >= 11 is 14.0. The van der Waals surface area contributed by atoms with Crippen molar-refractivity contribution in [3.05, 3.63) is 57.6 Å². The summed E-state index contributed by atoms with van der Waals surface area (Å²) in [6.45, 7) is 3.50. The van der Waals surface area contributed by atoms with Crippen molar-refractivity contribution >= 4 is 35.0 Å². The Hall–Kier alpha value is -1.39. The van der Waals surface area contributed by atoms with E-state index in [1.165, 1.54) is 0 Å². The number of fused-ring (bicyclic) bond motifs is 1. The summed E-state index contributed by atoms with van der Waals surface area (Å²) < 4.78 is 11.6. The summed E-state index contributed by atoms with van der Waals surface area (Å²) in [4.78, 5) is 2.47. The lowest BCUT2D eigenvalue weighted by Gasteiger charge is -2.23. The Morgan fingerprint density at radius 1 is 1.24 bits per heavy atom. The Morgan fingerprint density at radius 2 is 2.14 bits per heavy atom. The van der Waals surface area contributed by atoms with Crippen LogP contribution in [-0.4, -0.2) is 42.5 Å². The van der Waals surface area contributed by atoms with Gasteiger partial charge in [-0.2, -0.15) is 0 Å². The molecule has 0 radical (unpaired) electrons. The molecule has 0 amide bonds. The van der Waals surface area contributed by atoms with Crippen molar-refractivity contribution in [3.8, 4) is 23.3 Å². The minimum atomic E-state index is 0.392. The maximum atomic E-state index is 6.09. The number of thioether (sulfide) groups is 1. The fraction of sp³-hybridized carbons (Fsp3) is 0.364. The maximum Gasteiger partial charge on any atom is 0.132 e. The molecule has 152 valence electrons. The predicted molar refractivity (Wildman–Crippen MR) is 120 cm³/mol. The number of nitrogens with one attached hydrogen (secondary N) is 1. The van der Waals surface area contributed by atoms with E-state index in [0.717, 1.165) is 43.0 Å². The fourth-order valence-corrected chi connectivity index (χ4v) is 4.52. The lowest BCUT2D eigenvalue weighted by Crippen LogP contribution is -2.37. The van der Waals surface area contributed by atoms with Gasteiger partial charge in [0.2, 0.25) is 0 Å². The molecule has 4 rings (SSSR count).